The molecule has 0 aliphatic carbocycles. The topological polar surface area (TPSA) is 0 Å². The maximum absolute atomic E-state index is 2.32. The molecule has 0 bridgehead atoms. The third-order valence-corrected chi connectivity index (χ3v) is 8.22. The Morgan fingerprint density at radius 3 is 0.950 bits per heavy atom. The second kappa shape index (κ2) is 9.22. The van der Waals surface area contributed by atoms with Gasteiger partial charge in [0.15, 0.2) is 0 Å². The summed E-state index contributed by atoms with van der Waals surface area (Å²) < 4.78 is 0. The summed E-state index contributed by atoms with van der Waals surface area (Å²) in [5.41, 5.74) is 7.47. The zero-order valence-electron chi connectivity index (χ0n) is 22.0. The molecule has 8 aromatic rings. The lowest BCUT2D eigenvalue weighted by Crippen LogP contribution is -1.84. The first-order valence-electron chi connectivity index (χ1n) is 13.8. The van der Waals surface area contributed by atoms with E-state index in [9.17, 15) is 0 Å². The maximum Gasteiger partial charge on any atom is -0.0105 e. The molecular formula is C40H26. The van der Waals surface area contributed by atoms with E-state index in [2.05, 4.69) is 158 Å². The Hall–Kier alpha value is -5.20. The lowest BCUT2D eigenvalue weighted by molar-refractivity contribution is 1.62. The Morgan fingerprint density at radius 1 is 0.200 bits per heavy atom. The lowest BCUT2D eigenvalue weighted by Gasteiger charge is -2.10. The van der Waals surface area contributed by atoms with Crippen molar-refractivity contribution in [2.75, 3.05) is 0 Å². The SMILES string of the molecule is c1ccc2cc(-c3ccc(-c4ccc5c(ccc6cc(-c7ccc8ccccc8c7)ccc65)c4)cc3)ccc2c1. The zero-order chi connectivity index (χ0) is 26.5. The van der Waals surface area contributed by atoms with E-state index >= 15 is 0 Å². The van der Waals surface area contributed by atoms with Gasteiger partial charge in [0.05, 0.1) is 0 Å². The van der Waals surface area contributed by atoms with Gasteiger partial charge in [-0.25, -0.2) is 0 Å². The van der Waals surface area contributed by atoms with Crippen LogP contribution in [-0.2, 0) is 0 Å². The van der Waals surface area contributed by atoms with Crippen molar-refractivity contribution in [3.63, 3.8) is 0 Å². The number of hydrogen-bond acceptors (Lipinski definition) is 0. The molecule has 0 N–H and O–H groups in total. The van der Waals surface area contributed by atoms with Gasteiger partial charge in [0.1, 0.15) is 0 Å². The van der Waals surface area contributed by atoms with Crippen LogP contribution in [0.2, 0.25) is 0 Å². The average Bonchev–Trinajstić information content (AvgIpc) is 3.03. The third-order valence-electron chi connectivity index (χ3n) is 8.22. The molecule has 0 heteroatoms. The van der Waals surface area contributed by atoms with Crippen molar-refractivity contribution in [1.29, 1.82) is 0 Å². The monoisotopic (exact) mass is 506 g/mol. The van der Waals surface area contributed by atoms with Gasteiger partial charge in [-0.1, -0.05) is 133 Å². The summed E-state index contributed by atoms with van der Waals surface area (Å²) in [5.74, 6) is 0. The highest BCUT2D eigenvalue weighted by Gasteiger charge is 2.07. The molecule has 0 fully saturated rings. The Bertz CT molecular complexity index is 2200. The van der Waals surface area contributed by atoms with Crippen molar-refractivity contribution in [2.45, 2.75) is 0 Å². The van der Waals surface area contributed by atoms with Crippen molar-refractivity contribution < 1.29 is 0 Å². The highest BCUT2D eigenvalue weighted by atomic mass is 14.1. The van der Waals surface area contributed by atoms with E-state index in [1.54, 1.807) is 0 Å². The van der Waals surface area contributed by atoms with E-state index in [0.717, 1.165) is 0 Å². The summed E-state index contributed by atoms with van der Waals surface area (Å²) in [5, 5.41) is 10.2. The predicted molar refractivity (Wildman–Crippen MR) is 173 cm³/mol. The molecule has 186 valence electrons. The van der Waals surface area contributed by atoms with Gasteiger partial charge >= 0.3 is 0 Å². The molecule has 0 amide bonds. The fourth-order valence-corrected chi connectivity index (χ4v) is 6.02. The molecule has 0 radical (unpaired) electrons. The molecule has 0 atom stereocenters. The van der Waals surface area contributed by atoms with Crippen molar-refractivity contribution in [3.8, 4) is 33.4 Å². The molecule has 0 aliphatic rings. The van der Waals surface area contributed by atoms with Gasteiger partial charge in [0.2, 0.25) is 0 Å². The maximum atomic E-state index is 2.32. The van der Waals surface area contributed by atoms with Crippen LogP contribution in [0.3, 0.4) is 0 Å². The molecule has 0 aromatic heterocycles. The first-order valence-corrected chi connectivity index (χ1v) is 13.8. The van der Waals surface area contributed by atoms with Crippen LogP contribution < -0.4 is 0 Å². The Morgan fingerprint density at radius 2 is 0.500 bits per heavy atom. The van der Waals surface area contributed by atoms with Gasteiger partial charge in [0, 0.05) is 0 Å². The fraction of sp³-hybridized carbons (Fsp3) is 0. The summed E-state index contributed by atoms with van der Waals surface area (Å²) in [6.45, 7) is 0. The van der Waals surface area contributed by atoms with E-state index in [0.29, 0.717) is 0 Å². The van der Waals surface area contributed by atoms with Crippen LogP contribution in [0.4, 0.5) is 0 Å². The normalized spacial score (nSPS) is 11.5. The first-order chi connectivity index (χ1) is 19.8. The molecule has 0 unspecified atom stereocenters. The number of rotatable bonds is 3. The minimum absolute atomic E-state index is 1.23. The standard InChI is InChI=1S/C40H26/c1-3-7-31-23-33(15-13-27(31)5-1)29-9-11-30(12-10-29)34-19-21-39-37(25-34)17-18-38-26-36(20-22-40(38)39)35-16-14-28-6-2-4-8-32(28)24-35/h1-26H. The minimum atomic E-state index is 1.23. The average molecular weight is 507 g/mol. The van der Waals surface area contributed by atoms with Crippen molar-refractivity contribution in [2.24, 2.45) is 0 Å². The summed E-state index contributed by atoms with van der Waals surface area (Å²) in [6, 6.07) is 57.7. The van der Waals surface area contributed by atoms with Crippen molar-refractivity contribution in [3.05, 3.63) is 158 Å². The zero-order valence-corrected chi connectivity index (χ0v) is 22.0. The van der Waals surface area contributed by atoms with Gasteiger partial charge < -0.3 is 0 Å². The predicted octanol–water partition coefficient (Wildman–Crippen LogP) is 11.3. The van der Waals surface area contributed by atoms with E-state index in [-0.39, 0.29) is 0 Å². The van der Waals surface area contributed by atoms with Crippen LogP contribution in [0.1, 0.15) is 0 Å². The molecule has 8 aromatic carbocycles. The van der Waals surface area contributed by atoms with Gasteiger partial charge in [0.25, 0.3) is 0 Å². The highest BCUT2D eigenvalue weighted by molar-refractivity contribution is 6.09. The fourth-order valence-electron chi connectivity index (χ4n) is 6.02. The molecule has 8 rings (SSSR count). The molecular weight excluding hydrogens is 480 g/mol. The third kappa shape index (κ3) is 3.94. The van der Waals surface area contributed by atoms with Crippen molar-refractivity contribution >= 4 is 43.1 Å². The highest BCUT2D eigenvalue weighted by Crippen LogP contribution is 2.34. The van der Waals surface area contributed by atoms with E-state index in [1.165, 1.54) is 76.5 Å². The summed E-state index contributed by atoms with van der Waals surface area (Å²) in [7, 11) is 0. The molecule has 0 spiro atoms. The smallest absolute Gasteiger partial charge is 0.0105 e. The Labute approximate surface area is 233 Å². The minimum Gasteiger partial charge on any atom is -0.0616 e. The van der Waals surface area contributed by atoms with Gasteiger partial charge in [-0.2, -0.15) is 0 Å². The van der Waals surface area contributed by atoms with Crippen molar-refractivity contribution in [1.82, 2.24) is 0 Å². The first kappa shape index (κ1) is 22.8. The van der Waals surface area contributed by atoms with E-state index < -0.39 is 0 Å². The van der Waals surface area contributed by atoms with Crippen LogP contribution in [0.5, 0.6) is 0 Å². The van der Waals surface area contributed by atoms with Crippen LogP contribution >= 0.6 is 0 Å². The molecule has 0 saturated heterocycles. The summed E-state index contributed by atoms with van der Waals surface area (Å²) in [4.78, 5) is 0. The van der Waals surface area contributed by atoms with Crippen LogP contribution in [-0.4, -0.2) is 0 Å². The van der Waals surface area contributed by atoms with Crippen LogP contribution in [0, 0.1) is 0 Å². The van der Waals surface area contributed by atoms with Gasteiger partial charge in [-0.05, 0) is 101 Å². The quantitative estimate of drug-likeness (QED) is 0.209. The van der Waals surface area contributed by atoms with E-state index in [4.69, 9.17) is 0 Å². The Kier molecular flexibility index (Phi) is 5.24. The summed E-state index contributed by atoms with van der Waals surface area (Å²) in [6.07, 6.45) is 0. The lowest BCUT2D eigenvalue weighted by atomic mass is 9.94. The Balaban J connectivity index is 1.12. The van der Waals surface area contributed by atoms with Gasteiger partial charge in [-0.3, -0.25) is 0 Å². The van der Waals surface area contributed by atoms with Crippen LogP contribution in [0.15, 0.2) is 158 Å². The van der Waals surface area contributed by atoms with Gasteiger partial charge in [-0.15, -0.1) is 0 Å². The van der Waals surface area contributed by atoms with E-state index in [1.807, 2.05) is 0 Å². The largest absolute Gasteiger partial charge is 0.0616 e. The molecule has 0 saturated carbocycles. The number of hydrogen-bond donors (Lipinski definition) is 0. The second-order valence-electron chi connectivity index (χ2n) is 10.6. The molecule has 40 heavy (non-hydrogen) atoms. The number of benzene rings is 8. The number of fused-ring (bicyclic) bond motifs is 5. The molecule has 0 aliphatic heterocycles. The molecule has 0 nitrogen and oxygen atoms in total. The second-order valence-corrected chi connectivity index (χ2v) is 10.6. The summed E-state index contributed by atoms with van der Waals surface area (Å²) >= 11 is 0. The molecule has 0 heterocycles. The van der Waals surface area contributed by atoms with Crippen LogP contribution in [0.25, 0.3) is 76.5 Å².